The Hall–Kier alpha value is -1.43. The third-order valence-electron chi connectivity index (χ3n) is 1.28. The van der Waals surface area contributed by atoms with Gasteiger partial charge in [0.2, 0.25) is 0 Å². The van der Waals surface area contributed by atoms with E-state index in [1.54, 1.807) is 0 Å². The van der Waals surface area contributed by atoms with E-state index in [1.165, 1.54) is 16.9 Å². The van der Waals surface area contributed by atoms with E-state index in [4.69, 9.17) is 0 Å². The van der Waals surface area contributed by atoms with Crippen molar-refractivity contribution in [1.29, 1.82) is 0 Å². The predicted octanol–water partition coefficient (Wildman–Crippen LogP) is 0.171. The van der Waals surface area contributed by atoms with Crippen molar-refractivity contribution in [3.05, 3.63) is 30.1 Å². The maximum absolute atomic E-state index is 12.5. The minimum atomic E-state index is -3.95. The average Bonchev–Trinajstić information content (AvgIpc) is 2.04. The van der Waals surface area contributed by atoms with Gasteiger partial charge in [-0.3, -0.25) is 4.79 Å². The summed E-state index contributed by atoms with van der Waals surface area (Å²) in [6, 6.07) is 4.31. The summed E-state index contributed by atoms with van der Waals surface area (Å²) in [6.45, 7) is 0. The van der Waals surface area contributed by atoms with E-state index < -0.39 is 15.8 Å². The van der Waals surface area contributed by atoms with Crippen LogP contribution in [0.25, 0.3) is 0 Å². The molecule has 6 heteroatoms. The maximum atomic E-state index is 12.5. The number of hydrogen-bond donors (Lipinski definition) is 1. The van der Waals surface area contributed by atoms with Crippen LogP contribution in [0.4, 0.5) is 4.39 Å². The number of carbonyl (C=O) groups excluding carboxylic acids is 1. The second-order valence-electron chi connectivity index (χ2n) is 2.16. The van der Waals surface area contributed by atoms with E-state index in [2.05, 4.69) is 0 Å². The zero-order chi connectivity index (χ0) is 9.90. The largest absolute Gasteiger partial charge is 0.324 e. The van der Waals surface area contributed by atoms with Crippen molar-refractivity contribution in [3.63, 3.8) is 0 Å². The quantitative estimate of drug-likeness (QED) is 0.711. The van der Waals surface area contributed by atoms with E-state index in [1.807, 2.05) is 0 Å². The fourth-order valence-corrected chi connectivity index (χ4v) is 1.50. The van der Waals surface area contributed by atoms with Crippen molar-refractivity contribution < 1.29 is 17.6 Å². The molecule has 0 unspecified atom stereocenters. The molecule has 0 saturated carbocycles. The molecule has 0 bridgehead atoms. The van der Waals surface area contributed by atoms with Gasteiger partial charge in [-0.2, -0.15) is 0 Å². The Morgan fingerprint density at radius 2 is 2.08 bits per heavy atom. The van der Waals surface area contributed by atoms with Gasteiger partial charge < -0.3 is 0 Å². The molecule has 0 atom stereocenters. The van der Waals surface area contributed by atoms with Gasteiger partial charge in [0.15, 0.2) is 0 Å². The predicted molar refractivity (Wildman–Crippen MR) is 42.4 cm³/mol. The lowest BCUT2D eigenvalue weighted by atomic mass is 10.4. The average molecular weight is 202 g/mol. The van der Waals surface area contributed by atoms with Crippen LogP contribution in [0.1, 0.15) is 0 Å². The standard InChI is InChI=1S/C7H5FNO3S/c8-6-2-1-3-7(4-6)13(11,12)9-5-10/h1-4H,(H,9,10). The Labute approximate surface area is 74.4 Å². The Morgan fingerprint density at radius 1 is 1.38 bits per heavy atom. The van der Waals surface area contributed by atoms with E-state index >= 15 is 0 Å². The van der Waals surface area contributed by atoms with Crippen LogP contribution in [-0.4, -0.2) is 14.8 Å². The Bertz CT molecular complexity index is 416. The first-order valence-electron chi connectivity index (χ1n) is 3.21. The van der Waals surface area contributed by atoms with Crippen molar-refractivity contribution in [2.75, 3.05) is 0 Å². The van der Waals surface area contributed by atoms with Crippen LogP contribution in [0.15, 0.2) is 29.2 Å². The minimum absolute atomic E-state index is 0.309. The van der Waals surface area contributed by atoms with Gasteiger partial charge in [0.05, 0.1) is 4.90 Å². The van der Waals surface area contributed by atoms with Crippen LogP contribution >= 0.6 is 0 Å². The van der Waals surface area contributed by atoms with Crippen molar-refractivity contribution in [2.45, 2.75) is 4.90 Å². The second-order valence-corrected chi connectivity index (χ2v) is 3.85. The second kappa shape index (κ2) is 3.53. The van der Waals surface area contributed by atoms with Gasteiger partial charge in [-0.05, 0) is 18.2 Å². The summed E-state index contributed by atoms with van der Waals surface area (Å²) in [4.78, 5) is 9.46. The van der Waals surface area contributed by atoms with Gasteiger partial charge in [-0.15, -0.1) is 0 Å². The van der Waals surface area contributed by atoms with E-state index in [9.17, 15) is 17.6 Å². The lowest BCUT2D eigenvalue weighted by molar-refractivity contribution is 0.546. The zero-order valence-electron chi connectivity index (χ0n) is 6.32. The molecular formula is C7H5FNO3S. The van der Waals surface area contributed by atoms with Crippen LogP contribution < -0.4 is 4.72 Å². The maximum Gasteiger partial charge on any atom is 0.324 e. The summed E-state index contributed by atoms with van der Waals surface area (Å²) in [7, 11) is -3.95. The molecule has 1 radical (unpaired) electrons. The summed E-state index contributed by atoms with van der Waals surface area (Å²) < 4.78 is 36.1. The van der Waals surface area contributed by atoms with Crippen molar-refractivity contribution in [2.24, 2.45) is 0 Å². The first-order chi connectivity index (χ1) is 6.06. The first-order valence-corrected chi connectivity index (χ1v) is 4.69. The van der Waals surface area contributed by atoms with Gasteiger partial charge in [0, 0.05) is 0 Å². The SMILES string of the molecule is O=[C]NS(=O)(=O)c1cccc(F)c1. The molecule has 1 aromatic rings. The molecule has 0 aliphatic heterocycles. The highest BCUT2D eigenvalue weighted by Crippen LogP contribution is 2.09. The number of hydrogen-bond acceptors (Lipinski definition) is 3. The fourth-order valence-electron chi connectivity index (χ4n) is 0.748. The Kier molecular flexibility index (Phi) is 2.62. The van der Waals surface area contributed by atoms with Gasteiger partial charge in [-0.1, -0.05) is 6.07 Å². The molecule has 0 spiro atoms. The zero-order valence-corrected chi connectivity index (χ0v) is 7.14. The summed E-state index contributed by atoms with van der Waals surface area (Å²) in [5.74, 6) is -0.686. The third kappa shape index (κ3) is 2.25. The number of benzene rings is 1. The van der Waals surface area contributed by atoms with Gasteiger partial charge in [0.1, 0.15) is 5.82 Å². The fraction of sp³-hybridized carbons (Fsp3) is 0. The Balaban J connectivity index is 3.15. The van der Waals surface area contributed by atoms with Gasteiger partial charge in [-0.25, -0.2) is 17.5 Å². The molecule has 0 heterocycles. The summed E-state index contributed by atoms with van der Waals surface area (Å²) in [5, 5.41) is 0. The molecule has 69 valence electrons. The van der Waals surface area contributed by atoms with Gasteiger partial charge in [0.25, 0.3) is 10.0 Å². The van der Waals surface area contributed by atoms with E-state index in [0.717, 1.165) is 18.5 Å². The smallest absolute Gasteiger partial charge is 0.262 e. The number of nitrogens with one attached hydrogen (secondary N) is 1. The van der Waals surface area contributed by atoms with Crippen molar-refractivity contribution >= 4 is 16.4 Å². The van der Waals surface area contributed by atoms with Gasteiger partial charge >= 0.3 is 6.41 Å². The lowest BCUT2D eigenvalue weighted by Crippen LogP contribution is -2.21. The monoisotopic (exact) mass is 202 g/mol. The number of amides is 1. The third-order valence-corrected chi connectivity index (χ3v) is 2.51. The number of rotatable bonds is 3. The molecule has 1 aromatic carbocycles. The minimum Gasteiger partial charge on any atom is -0.262 e. The summed E-state index contributed by atoms with van der Waals surface area (Å²) in [5.41, 5.74) is 0. The number of halogens is 1. The topological polar surface area (TPSA) is 63.2 Å². The molecule has 0 fully saturated rings. The van der Waals surface area contributed by atoms with Crippen LogP contribution in [-0.2, 0) is 14.8 Å². The Morgan fingerprint density at radius 3 is 2.62 bits per heavy atom. The van der Waals surface area contributed by atoms with E-state index in [0.29, 0.717) is 0 Å². The van der Waals surface area contributed by atoms with Crippen LogP contribution in [0.3, 0.4) is 0 Å². The van der Waals surface area contributed by atoms with Crippen LogP contribution in [0.2, 0.25) is 0 Å². The first kappa shape index (κ1) is 9.66. The van der Waals surface area contributed by atoms with E-state index in [-0.39, 0.29) is 4.90 Å². The molecule has 1 amide bonds. The van der Waals surface area contributed by atoms with Crippen LogP contribution in [0, 0.1) is 5.82 Å². The van der Waals surface area contributed by atoms with Crippen LogP contribution in [0.5, 0.6) is 0 Å². The molecule has 0 aliphatic rings. The summed E-state index contributed by atoms with van der Waals surface area (Å²) >= 11 is 0. The highest BCUT2D eigenvalue weighted by Gasteiger charge is 2.12. The molecule has 13 heavy (non-hydrogen) atoms. The molecule has 4 nitrogen and oxygen atoms in total. The highest BCUT2D eigenvalue weighted by atomic mass is 32.2. The highest BCUT2D eigenvalue weighted by molar-refractivity contribution is 7.90. The lowest BCUT2D eigenvalue weighted by Gasteiger charge is -2.00. The molecule has 1 N–H and O–H groups in total. The number of sulfonamides is 1. The van der Waals surface area contributed by atoms with Crippen molar-refractivity contribution in [3.8, 4) is 0 Å². The summed E-state index contributed by atoms with van der Waals surface area (Å²) in [6.07, 6.45) is 1.02. The normalized spacial score (nSPS) is 10.8. The molecule has 0 aliphatic carbocycles. The molecule has 1 rings (SSSR count). The molecule has 0 saturated heterocycles. The molecule has 0 aromatic heterocycles. The molecular weight excluding hydrogens is 197 g/mol. The van der Waals surface area contributed by atoms with Crippen molar-refractivity contribution in [1.82, 2.24) is 4.72 Å².